The van der Waals surface area contributed by atoms with Gasteiger partial charge in [-0.1, -0.05) is 32.6 Å². The number of likely N-dealkylation sites (N-methyl/N-ethyl adjacent to an activating group) is 1. The Hall–Kier alpha value is -0.890. The van der Waals surface area contributed by atoms with E-state index in [9.17, 15) is 4.79 Å². The Morgan fingerprint density at radius 1 is 0.462 bits per heavy atom. The van der Waals surface area contributed by atoms with Gasteiger partial charge in [-0.25, -0.2) is 0 Å². The molecule has 0 N–H and O–H groups in total. The number of unbranched alkanes of at least 4 members (excludes halogenated alkanes) is 4. The fraction of sp³-hybridized carbons (Fsp3) is 0.964. The first-order chi connectivity index (χ1) is 19.2. The van der Waals surface area contributed by atoms with Crippen molar-refractivity contribution in [2.45, 2.75) is 45.4 Å². The summed E-state index contributed by atoms with van der Waals surface area (Å²) in [7, 11) is 4.04. The van der Waals surface area contributed by atoms with E-state index in [1.807, 2.05) is 14.1 Å². The van der Waals surface area contributed by atoms with E-state index in [2.05, 4.69) is 11.8 Å². The quantitative estimate of drug-likeness (QED) is 0.0863. The van der Waals surface area contributed by atoms with Crippen LogP contribution in [0.3, 0.4) is 0 Å². The van der Waals surface area contributed by atoms with Crippen LogP contribution in [0.2, 0.25) is 0 Å². The van der Waals surface area contributed by atoms with Gasteiger partial charge < -0.3 is 47.5 Å². The van der Waals surface area contributed by atoms with Crippen LogP contribution in [0.1, 0.15) is 45.4 Å². The molecule has 0 unspecified atom stereocenters. The van der Waals surface area contributed by atoms with E-state index in [1.54, 1.807) is 0 Å². The second kappa shape index (κ2) is 33.3. The van der Waals surface area contributed by atoms with Gasteiger partial charge in [0, 0.05) is 13.0 Å². The summed E-state index contributed by atoms with van der Waals surface area (Å²) >= 11 is 0. The molecule has 0 aliphatic carbocycles. The first-order valence-electron chi connectivity index (χ1n) is 14.6. The molecular weight excluding hydrogens is 510 g/mol. The molecule has 0 amide bonds. The highest BCUT2D eigenvalue weighted by Crippen LogP contribution is 2.05. The third-order valence-corrected chi connectivity index (χ3v) is 5.26. The highest BCUT2D eigenvalue weighted by atomic mass is 16.6. The van der Waals surface area contributed by atoms with Crippen molar-refractivity contribution in [3.63, 3.8) is 0 Å². The summed E-state index contributed by atoms with van der Waals surface area (Å²) in [4.78, 5) is 13.7. The van der Waals surface area contributed by atoms with Gasteiger partial charge >= 0.3 is 5.97 Å². The van der Waals surface area contributed by atoms with Crippen molar-refractivity contribution in [3.8, 4) is 0 Å². The maximum atomic E-state index is 11.6. The van der Waals surface area contributed by atoms with Gasteiger partial charge in [0.1, 0.15) is 6.61 Å². The van der Waals surface area contributed by atoms with Crippen LogP contribution in [0.4, 0.5) is 0 Å². The molecule has 0 fully saturated rings. The number of rotatable bonds is 33. The topological polar surface area (TPSA) is 103 Å². The molecule has 0 aromatic rings. The van der Waals surface area contributed by atoms with Gasteiger partial charge in [-0.2, -0.15) is 0 Å². The van der Waals surface area contributed by atoms with Gasteiger partial charge in [-0.3, -0.25) is 4.79 Å². The molecule has 0 radical (unpaired) electrons. The number of nitrogens with zero attached hydrogens (tertiary/aromatic N) is 1. The van der Waals surface area contributed by atoms with Gasteiger partial charge in [-0.15, -0.1) is 0 Å². The highest BCUT2D eigenvalue weighted by Gasteiger charge is 2.02. The van der Waals surface area contributed by atoms with Crippen molar-refractivity contribution in [1.29, 1.82) is 0 Å². The van der Waals surface area contributed by atoms with Gasteiger partial charge in [-0.05, 0) is 20.5 Å². The second-order valence-electron chi connectivity index (χ2n) is 9.09. The third kappa shape index (κ3) is 35.1. The average Bonchev–Trinajstić information content (AvgIpc) is 2.92. The van der Waals surface area contributed by atoms with Gasteiger partial charge in [0.25, 0.3) is 0 Å². The zero-order valence-electron chi connectivity index (χ0n) is 25.0. The number of hydrogen-bond donors (Lipinski definition) is 0. The van der Waals surface area contributed by atoms with Crippen LogP contribution in [0.5, 0.6) is 0 Å². The summed E-state index contributed by atoms with van der Waals surface area (Å²) in [6, 6.07) is 0. The lowest BCUT2D eigenvalue weighted by Crippen LogP contribution is -2.19. The Morgan fingerprint density at radius 2 is 0.795 bits per heavy atom. The molecule has 11 nitrogen and oxygen atoms in total. The number of esters is 1. The molecule has 0 heterocycles. The maximum absolute atomic E-state index is 11.6. The minimum absolute atomic E-state index is 0.143. The molecule has 0 atom stereocenters. The molecule has 0 spiro atoms. The Kier molecular flexibility index (Phi) is 32.6. The Labute approximate surface area is 237 Å². The van der Waals surface area contributed by atoms with Crippen LogP contribution in [0.25, 0.3) is 0 Å². The summed E-state index contributed by atoms with van der Waals surface area (Å²) in [5.41, 5.74) is 0. The molecule has 0 saturated heterocycles. The lowest BCUT2D eigenvalue weighted by molar-refractivity contribution is -0.145. The van der Waals surface area contributed by atoms with Crippen LogP contribution < -0.4 is 0 Å². The Morgan fingerprint density at radius 3 is 1.15 bits per heavy atom. The second-order valence-corrected chi connectivity index (χ2v) is 9.09. The van der Waals surface area contributed by atoms with Crippen molar-refractivity contribution >= 4 is 5.97 Å². The van der Waals surface area contributed by atoms with E-state index in [4.69, 9.17) is 42.6 Å². The molecule has 0 saturated carbocycles. The molecule has 39 heavy (non-hydrogen) atoms. The SMILES string of the molecule is CCCCCCCC(=O)OCCOCCOCCOCCOCCOCCOCCOCCOCCN(C)C. The summed E-state index contributed by atoms with van der Waals surface area (Å²) < 4.78 is 48.7. The van der Waals surface area contributed by atoms with Gasteiger partial charge in [0.05, 0.1) is 106 Å². The number of carbonyl (C=O) groups is 1. The summed E-state index contributed by atoms with van der Waals surface area (Å²) in [5.74, 6) is -0.143. The lowest BCUT2D eigenvalue weighted by Gasteiger charge is -2.10. The van der Waals surface area contributed by atoms with Crippen LogP contribution in [-0.2, 0) is 47.4 Å². The largest absolute Gasteiger partial charge is 0.463 e. The molecule has 11 heteroatoms. The minimum atomic E-state index is -0.143. The summed E-state index contributed by atoms with van der Waals surface area (Å²) in [6.07, 6.45) is 6.10. The van der Waals surface area contributed by atoms with Crippen molar-refractivity contribution < 1.29 is 47.4 Å². The number of hydrogen-bond acceptors (Lipinski definition) is 11. The van der Waals surface area contributed by atoms with E-state index in [0.29, 0.717) is 112 Å². The van der Waals surface area contributed by atoms with Crippen LogP contribution >= 0.6 is 0 Å². The Bertz CT molecular complexity index is 485. The van der Waals surface area contributed by atoms with Crippen LogP contribution in [0, 0.1) is 0 Å². The van der Waals surface area contributed by atoms with Crippen molar-refractivity contribution in [3.05, 3.63) is 0 Å². The van der Waals surface area contributed by atoms with E-state index in [-0.39, 0.29) is 5.97 Å². The van der Waals surface area contributed by atoms with Crippen molar-refractivity contribution in [1.82, 2.24) is 4.90 Å². The predicted molar refractivity (Wildman–Crippen MR) is 149 cm³/mol. The Balaban J connectivity index is 3.09. The van der Waals surface area contributed by atoms with E-state index < -0.39 is 0 Å². The molecule has 234 valence electrons. The first kappa shape index (κ1) is 38.1. The fourth-order valence-electron chi connectivity index (χ4n) is 3.05. The molecule has 0 rings (SSSR count). The highest BCUT2D eigenvalue weighted by molar-refractivity contribution is 5.69. The molecule has 0 aromatic carbocycles. The van der Waals surface area contributed by atoms with Crippen molar-refractivity contribution in [2.24, 2.45) is 0 Å². The van der Waals surface area contributed by atoms with E-state index in [0.717, 1.165) is 26.0 Å². The minimum Gasteiger partial charge on any atom is -0.463 e. The van der Waals surface area contributed by atoms with E-state index >= 15 is 0 Å². The summed E-state index contributed by atoms with van der Waals surface area (Å²) in [6.45, 7) is 11.8. The van der Waals surface area contributed by atoms with Gasteiger partial charge in [0.2, 0.25) is 0 Å². The molecule has 0 aromatic heterocycles. The maximum Gasteiger partial charge on any atom is 0.305 e. The molecular formula is C28H57NO10. The third-order valence-electron chi connectivity index (χ3n) is 5.26. The molecule has 0 aliphatic heterocycles. The number of carbonyl (C=O) groups excluding carboxylic acids is 1. The van der Waals surface area contributed by atoms with E-state index in [1.165, 1.54) is 19.3 Å². The lowest BCUT2D eigenvalue weighted by atomic mass is 10.1. The standard InChI is InChI=1S/C28H57NO10/c1-4-5-6-7-8-9-28(30)39-27-26-38-25-24-37-23-22-36-21-20-35-19-18-34-17-16-33-15-14-32-13-12-31-11-10-29(2)3/h4-27H2,1-3H3. The summed E-state index contributed by atoms with van der Waals surface area (Å²) in [5, 5.41) is 0. The smallest absolute Gasteiger partial charge is 0.305 e. The monoisotopic (exact) mass is 567 g/mol. The normalized spacial score (nSPS) is 11.5. The zero-order chi connectivity index (χ0) is 28.5. The zero-order valence-corrected chi connectivity index (χ0v) is 25.0. The van der Waals surface area contributed by atoms with Gasteiger partial charge in [0.15, 0.2) is 0 Å². The molecule has 0 aliphatic rings. The average molecular weight is 568 g/mol. The van der Waals surface area contributed by atoms with Crippen LogP contribution in [-0.4, -0.2) is 144 Å². The van der Waals surface area contributed by atoms with Crippen molar-refractivity contribution in [2.75, 3.05) is 133 Å². The fourth-order valence-corrected chi connectivity index (χ4v) is 3.05. The first-order valence-corrected chi connectivity index (χ1v) is 14.6. The van der Waals surface area contributed by atoms with Crippen LogP contribution in [0.15, 0.2) is 0 Å². The molecule has 0 bridgehead atoms. The predicted octanol–water partition coefficient (Wildman–Crippen LogP) is 2.58. The number of ether oxygens (including phenoxy) is 9.